The maximum Gasteiger partial charge on any atom is 0.445 e. The smallest absolute Gasteiger partial charge is 0.345 e. The van der Waals surface area contributed by atoms with Crippen molar-refractivity contribution in [2.45, 2.75) is 25.9 Å². The van der Waals surface area contributed by atoms with Gasteiger partial charge in [0.05, 0.1) is 0 Å². The summed E-state index contributed by atoms with van der Waals surface area (Å²) in [6.07, 6.45) is -2.29. The van der Waals surface area contributed by atoms with Crippen molar-refractivity contribution in [2.75, 3.05) is 50.7 Å². The van der Waals surface area contributed by atoms with Crippen molar-refractivity contribution >= 4 is 16.5 Å². The van der Waals surface area contributed by atoms with Crippen molar-refractivity contribution < 1.29 is 13.2 Å². The molecule has 2 aliphatic rings. The number of aromatic nitrogens is 2. The molecule has 1 N–H and O–H groups in total. The predicted octanol–water partition coefficient (Wildman–Crippen LogP) is 2.07. The van der Waals surface area contributed by atoms with Gasteiger partial charge in [0, 0.05) is 32.7 Å². The highest BCUT2D eigenvalue weighted by atomic mass is 32.1. The quantitative estimate of drug-likeness (QED) is 0.905. The summed E-state index contributed by atoms with van der Waals surface area (Å²) in [5.74, 6) is 0. The SMILES string of the molecule is CC1(CN2CCCN(c3nnc(C(F)(F)F)s3)CC2)CCNC1. The normalized spacial score (nSPS) is 27.4. The van der Waals surface area contributed by atoms with E-state index in [1.165, 1.54) is 6.42 Å². The summed E-state index contributed by atoms with van der Waals surface area (Å²) in [4.78, 5) is 4.36. The van der Waals surface area contributed by atoms with Gasteiger partial charge in [-0.2, -0.15) is 13.2 Å². The molecule has 3 rings (SSSR count). The number of nitrogens with zero attached hydrogens (tertiary/aromatic N) is 4. The Hall–Kier alpha value is -0.930. The molecule has 0 aliphatic carbocycles. The second kappa shape index (κ2) is 6.52. The van der Waals surface area contributed by atoms with Gasteiger partial charge in [0.15, 0.2) is 0 Å². The van der Waals surface area contributed by atoms with Crippen LogP contribution in [0, 0.1) is 5.41 Å². The maximum atomic E-state index is 12.7. The summed E-state index contributed by atoms with van der Waals surface area (Å²) in [7, 11) is 0. The van der Waals surface area contributed by atoms with Crippen molar-refractivity contribution in [1.82, 2.24) is 20.4 Å². The molecular formula is C14H22F3N5S. The van der Waals surface area contributed by atoms with Gasteiger partial charge in [-0.15, -0.1) is 10.2 Å². The van der Waals surface area contributed by atoms with E-state index in [4.69, 9.17) is 0 Å². The van der Waals surface area contributed by atoms with Gasteiger partial charge in [0.2, 0.25) is 10.1 Å². The minimum Gasteiger partial charge on any atom is -0.345 e. The van der Waals surface area contributed by atoms with E-state index in [0.29, 0.717) is 28.4 Å². The third-order valence-electron chi connectivity index (χ3n) is 4.58. The first kappa shape index (κ1) is 16.9. The minimum absolute atomic E-state index is 0.307. The Morgan fingerprint density at radius 1 is 1.22 bits per heavy atom. The first-order valence-corrected chi connectivity index (χ1v) is 8.76. The predicted molar refractivity (Wildman–Crippen MR) is 83.8 cm³/mol. The standard InChI is InChI=1S/C14H22F3N5S/c1-13(3-4-18-9-13)10-21-5-2-6-22(8-7-21)12-20-19-11(23-12)14(15,16)17/h18H,2-10H2,1H3. The number of nitrogens with one attached hydrogen (secondary N) is 1. The Bertz CT molecular complexity index is 527. The van der Waals surface area contributed by atoms with Crippen LogP contribution in [0.2, 0.25) is 0 Å². The first-order valence-electron chi connectivity index (χ1n) is 7.94. The van der Waals surface area contributed by atoms with Crippen LogP contribution < -0.4 is 10.2 Å². The fraction of sp³-hybridized carbons (Fsp3) is 0.857. The number of hydrogen-bond acceptors (Lipinski definition) is 6. The van der Waals surface area contributed by atoms with Crippen LogP contribution >= 0.6 is 11.3 Å². The average molecular weight is 349 g/mol. The maximum absolute atomic E-state index is 12.7. The van der Waals surface area contributed by atoms with Gasteiger partial charge in [-0.05, 0) is 31.3 Å². The molecule has 1 unspecified atom stereocenters. The van der Waals surface area contributed by atoms with Crippen LogP contribution in [-0.4, -0.2) is 60.9 Å². The van der Waals surface area contributed by atoms with E-state index in [1.807, 2.05) is 4.90 Å². The molecule has 3 heterocycles. The van der Waals surface area contributed by atoms with E-state index in [1.54, 1.807) is 0 Å². The van der Waals surface area contributed by atoms with E-state index < -0.39 is 11.2 Å². The molecule has 2 aliphatic heterocycles. The Kier molecular flexibility index (Phi) is 4.80. The van der Waals surface area contributed by atoms with Crippen molar-refractivity contribution in [3.05, 3.63) is 5.01 Å². The van der Waals surface area contributed by atoms with Gasteiger partial charge in [0.1, 0.15) is 0 Å². The van der Waals surface area contributed by atoms with Crippen molar-refractivity contribution in [3.63, 3.8) is 0 Å². The number of alkyl halides is 3. The molecule has 5 nitrogen and oxygen atoms in total. The molecule has 2 saturated heterocycles. The Balaban J connectivity index is 1.59. The highest BCUT2D eigenvalue weighted by Crippen LogP contribution is 2.34. The van der Waals surface area contributed by atoms with Crippen molar-refractivity contribution in [1.29, 1.82) is 0 Å². The second-order valence-corrected chi connectivity index (χ2v) is 7.70. The highest BCUT2D eigenvalue weighted by molar-refractivity contribution is 7.15. The number of halogens is 3. The van der Waals surface area contributed by atoms with Gasteiger partial charge in [-0.1, -0.05) is 18.3 Å². The van der Waals surface area contributed by atoms with Gasteiger partial charge in [-0.3, -0.25) is 0 Å². The molecule has 130 valence electrons. The summed E-state index contributed by atoms with van der Waals surface area (Å²) in [5.41, 5.74) is 0.307. The summed E-state index contributed by atoms with van der Waals surface area (Å²) in [5, 5.41) is 9.95. The summed E-state index contributed by atoms with van der Waals surface area (Å²) < 4.78 is 38.0. The number of anilines is 1. The third kappa shape index (κ3) is 4.13. The summed E-state index contributed by atoms with van der Waals surface area (Å²) in [6.45, 7) is 8.73. The lowest BCUT2D eigenvalue weighted by Gasteiger charge is -2.31. The number of hydrogen-bond donors (Lipinski definition) is 1. The van der Waals surface area contributed by atoms with Crippen molar-refractivity contribution in [2.24, 2.45) is 5.41 Å². The largest absolute Gasteiger partial charge is 0.445 e. The molecule has 0 bridgehead atoms. The Morgan fingerprint density at radius 2 is 2.04 bits per heavy atom. The Morgan fingerprint density at radius 3 is 2.70 bits per heavy atom. The van der Waals surface area contributed by atoms with E-state index in [9.17, 15) is 13.2 Å². The molecule has 0 spiro atoms. The van der Waals surface area contributed by atoms with Crippen LogP contribution in [0.4, 0.5) is 18.3 Å². The molecule has 23 heavy (non-hydrogen) atoms. The van der Waals surface area contributed by atoms with Crippen LogP contribution in [0.1, 0.15) is 24.8 Å². The third-order valence-corrected chi connectivity index (χ3v) is 5.61. The van der Waals surface area contributed by atoms with Crippen LogP contribution in [0.5, 0.6) is 0 Å². The zero-order valence-electron chi connectivity index (χ0n) is 13.2. The fourth-order valence-electron chi connectivity index (χ4n) is 3.32. The lowest BCUT2D eigenvalue weighted by atomic mass is 9.89. The number of rotatable bonds is 3. The van der Waals surface area contributed by atoms with E-state index in [2.05, 4.69) is 27.3 Å². The highest BCUT2D eigenvalue weighted by Gasteiger charge is 2.36. The monoisotopic (exact) mass is 349 g/mol. The first-order chi connectivity index (χ1) is 10.9. The Labute approximate surface area is 137 Å². The van der Waals surface area contributed by atoms with Gasteiger partial charge >= 0.3 is 6.18 Å². The molecule has 1 aromatic rings. The average Bonchev–Trinajstić information content (AvgIpc) is 3.06. The van der Waals surface area contributed by atoms with Gasteiger partial charge in [-0.25, -0.2) is 0 Å². The molecule has 0 aromatic carbocycles. The molecule has 9 heteroatoms. The summed E-state index contributed by atoms with van der Waals surface area (Å²) >= 11 is 0.639. The van der Waals surface area contributed by atoms with Crippen LogP contribution in [-0.2, 0) is 6.18 Å². The minimum atomic E-state index is -4.40. The zero-order chi connectivity index (χ0) is 16.5. The van der Waals surface area contributed by atoms with Crippen molar-refractivity contribution in [3.8, 4) is 0 Å². The summed E-state index contributed by atoms with van der Waals surface area (Å²) in [6, 6.07) is 0. The van der Waals surface area contributed by atoms with Gasteiger partial charge in [0.25, 0.3) is 0 Å². The lowest BCUT2D eigenvalue weighted by Crippen LogP contribution is -2.39. The van der Waals surface area contributed by atoms with E-state index >= 15 is 0 Å². The second-order valence-electron chi connectivity index (χ2n) is 6.74. The lowest BCUT2D eigenvalue weighted by molar-refractivity contribution is -0.138. The molecule has 0 saturated carbocycles. The van der Waals surface area contributed by atoms with Gasteiger partial charge < -0.3 is 15.1 Å². The van der Waals surface area contributed by atoms with E-state index in [0.717, 1.165) is 45.7 Å². The molecular weight excluding hydrogens is 327 g/mol. The molecule has 1 aromatic heterocycles. The van der Waals surface area contributed by atoms with Crippen LogP contribution in [0.3, 0.4) is 0 Å². The molecule has 1 atom stereocenters. The fourth-order valence-corrected chi connectivity index (χ4v) is 4.09. The van der Waals surface area contributed by atoms with Crippen LogP contribution in [0.25, 0.3) is 0 Å². The molecule has 2 fully saturated rings. The molecule has 0 amide bonds. The molecule has 0 radical (unpaired) electrons. The van der Waals surface area contributed by atoms with E-state index in [-0.39, 0.29) is 0 Å². The topological polar surface area (TPSA) is 44.3 Å². The zero-order valence-corrected chi connectivity index (χ0v) is 14.0. The van der Waals surface area contributed by atoms with Crippen LogP contribution in [0.15, 0.2) is 0 Å².